The molecule has 0 bridgehead atoms. The van der Waals surface area contributed by atoms with E-state index < -0.39 is 0 Å². The molecule has 8 aromatic carbocycles. The van der Waals surface area contributed by atoms with Crippen LogP contribution >= 0.6 is 15.9 Å². The second-order valence-corrected chi connectivity index (χ2v) is 18.8. The van der Waals surface area contributed by atoms with E-state index in [9.17, 15) is 0 Å². The van der Waals surface area contributed by atoms with E-state index in [1.54, 1.807) is 0 Å². The van der Waals surface area contributed by atoms with E-state index >= 15 is 0 Å². The van der Waals surface area contributed by atoms with Gasteiger partial charge in [0.25, 0.3) is 0 Å². The Kier molecular flexibility index (Phi) is 9.58. The summed E-state index contributed by atoms with van der Waals surface area (Å²) in [6, 6.07) is 67.3. The third-order valence-corrected chi connectivity index (χ3v) is 13.3. The SMILES string of the molecule is Cc1cc(N(c2cccc(Br)c2)c2c(-c3cccc4c5c(n(-c6ccccc6)c34)CCC=C5)cccc2-c2cccc3c4ccccc4n(-c4ccccc4)c23)cc(C(C)(C)C)c1. The average Bonchev–Trinajstić information content (AvgIpc) is 3.83. The molecule has 2 heterocycles. The van der Waals surface area contributed by atoms with Gasteiger partial charge in [-0.15, -0.1) is 0 Å². The van der Waals surface area contributed by atoms with Gasteiger partial charge in [0.05, 0.1) is 22.2 Å². The first-order chi connectivity index (χ1) is 30.7. The normalized spacial score (nSPS) is 12.7. The van der Waals surface area contributed by atoms with Crippen LogP contribution < -0.4 is 4.90 Å². The van der Waals surface area contributed by atoms with Crippen molar-refractivity contribution in [1.29, 1.82) is 0 Å². The van der Waals surface area contributed by atoms with Crippen LogP contribution in [0.25, 0.3) is 72.4 Å². The smallest absolute Gasteiger partial charge is 0.0620 e. The van der Waals surface area contributed by atoms with Crippen LogP contribution in [0.3, 0.4) is 0 Å². The third-order valence-electron chi connectivity index (χ3n) is 12.8. The van der Waals surface area contributed by atoms with Crippen LogP contribution in [0.1, 0.15) is 49.6 Å². The largest absolute Gasteiger partial charge is 0.312 e. The van der Waals surface area contributed by atoms with Crippen molar-refractivity contribution >= 4 is 71.8 Å². The summed E-state index contributed by atoms with van der Waals surface area (Å²) < 4.78 is 6.03. The Morgan fingerprint density at radius 2 is 1.11 bits per heavy atom. The molecule has 0 spiro atoms. The number of rotatable bonds is 7. The topological polar surface area (TPSA) is 13.1 Å². The Morgan fingerprint density at radius 1 is 0.524 bits per heavy atom. The molecule has 11 rings (SSSR count). The van der Waals surface area contributed by atoms with Crippen molar-refractivity contribution in [2.24, 2.45) is 0 Å². The van der Waals surface area contributed by atoms with E-state index in [0.717, 1.165) is 51.2 Å². The molecule has 0 saturated carbocycles. The second kappa shape index (κ2) is 15.5. The van der Waals surface area contributed by atoms with E-state index in [0.29, 0.717) is 0 Å². The number of nitrogens with zero attached hydrogens (tertiary/aromatic N) is 3. The van der Waals surface area contributed by atoms with Gasteiger partial charge in [0, 0.05) is 76.9 Å². The average molecular weight is 879 g/mol. The second-order valence-electron chi connectivity index (χ2n) is 17.9. The van der Waals surface area contributed by atoms with Crippen LogP contribution in [0.2, 0.25) is 0 Å². The molecule has 10 aromatic rings. The number of halogens is 1. The number of fused-ring (bicyclic) bond motifs is 6. The summed E-state index contributed by atoms with van der Waals surface area (Å²) in [4.78, 5) is 2.53. The van der Waals surface area contributed by atoms with Crippen molar-refractivity contribution in [3.8, 4) is 33.6 Å². The molecule has 0 saturated heterocycles. The molecule has 0 N–H and O–H groups in total. The van der Waals surface area contributed by atoms with Gasteiger partial charge in [0.1, 0.15) is 0 Å². The zero-order valence-electron chi connectivity index (χ0n) is 36.1. The van der Waals surface area contributed by atoms with Crippen molar-refractivity contribution in [1.82, 2.24) is 9.13 Å². The highest BCUT2D eigenvalue weighted by atomic mass is 79.9. The zero-order valence-corrected chi connectivity index (χ0v) is 37.7. The monoisotopic (exact) mass is 877 g/mol. The number of para-hydroxylation sites is 6. The van der Waals surface area contributed by atoms with Gasteiger partial charge in [-0.3, -0.25) is 0 Å². The van der Waals surface area contributed by atoms with Crippen LogP contribution in [0, 0.1) is 6.92 Å². The number of benzene rings is 8. The summed E-state index contributed by atoms with van der Waals surface area (Å²) in [5, 5.41) is 3.73. The van der Waals surface area contributed by atoms with Gasteiger partial charge in [0.2, 0.25) is 0 Å². The fraction of sp³-hybridized carbons (Fsp3) is 0.119. The van der Waals surface area contributed by atoms with Crippen molar-refractivity contribution in [3.63, 3.8) is 0 Å². The first kappa shape index (κ1) is 39.0. The van der Waals surface area contributed by atoms with Gasteiger partial charge >= 0.3 is 0 Å². The predicted molar refractivity (Wildman–Crippen MR) is 272 cm³/mol. The van der Waals surface area contributed by atoms with E-state index in [2.05, 4.69) is 252 Å². The minimum Gasteiger partial charge on any atom is -0.312 e. The van der Waals surface area contributed by atoms with Crippen LogP contribution in [-0.4, -0.2) is 9.13 Å². The third kappa shape index (κ3) is 6.63. The minimum absolute atomic E-state index is 0.0665. The van der Waals surface area contributed by atoms with Gasteiger partial charge in [-0.1, -0.05) is 170 Å². The molecule has 0 radical (unpaired) electrons. The quantitative estimate of drug-likeness (QED) is 0.155. The fourth-order valence-corrected chi connectivity index (χ4v) is 10.4. The summed E-state index contributed by atoms with van der Waals surface area (Å²) in [5.74, 6) is 0. The van der Waals surface area contributed by atoms with Crippen LogP contribution in [0.4, 0.5) is 17.1 Å². The Balaban J connectivity index is 1.32. The van der Waals surface area contributed by atoms with E-state index in [4.69, 9.17) is 0 Å². The maximum atomic E-state index is 3.91. The minimum atomic E-state index is -0.0665. The molecular formula is C59H48BrN3. The van der Waals surface area contributed by atoms with Gasteiger partial charge in [-0.25, -0.2) is 0 Å². The highest BCUT2D eigenvalue weighted by molar-refractivity contribution is 9.10. The highest BCUT2D eigenvalue weighted by Crippen LogP contribution is 2.52. The fourth-order valence-electron chi connectivity index (χ4n) is 9.99. The molecule has 3 nitrogen and oxygen atoms in total. The molecule has 0 aliphatic heterocycles. The Bertz CT molecular complexity index is 3400. The molecule has 0 unspecified atom stereocenters. The lowest BCUT2D eigenvalue weighted by atomic mass is 9.85. The van der Waals surface area contributed by atoms with Crippen molar-refractivity contribution in [3.05, 3.63) is 215 Å². The van der Waals surface area contributed by atoms with Gasteiger partial charge < -0.3 is 14.0 Å². The maximum Gasteiger partial charge on any atom is 0.0620 e. The molecule has 1 aliphatic rings. The molecule has 4 heteroatoms. The summed E-state index contributed by atoms with van der Waals surface area (Å²) in [6.07, 6.45) is 6.68. The lowest BCUT2D eigenvalue weighted by molar-refractivity contribution is 0.590. The van der Waals surface area contributed by atoms with Crippen molar-refractivity contribution in [2.75, 3.05) is 4.90 Å². The van der Waals surface area contributed by atoms with Crippen molar-refractivity contribution in [2.45, 2.75) is 46.0 Å². The Hall–Kier alpha value is -6.88. The van der Waals surface area contributed by atoms with E-state index in [-0.39, 0.29) is 5.41 Å². The summed E-state index contributed by atoms with van der Waals surface area (Å²) in [5.41, 5.74) is 19.0. The molecule has 63 heavy (non-hydrogen) atoms. The van der Waals surface area contributed by atoms with E-state index in [1.165, 1.54) is 71.9 Å². The van der Waals surface area contributed by atoms with Crippen LogP contribution in [-0.2, 0) is 11.8 Å². The lowest BCUT2D eigenvalue weighted by Crippen LogP contribution is -2.16. The van der Waals surface area contributed by atoms with Crippen LogP contribution in [0.15, 0.2) is 193 Å². The lowest BCUT2D eigenvalue weighted by Gasteiger charge is -2.32. The highest BCUT2D eigenvalue weighted by Gasteiger charge is 2.29. The Morgan fingerprint density at radius 3 is 1.81 bits per heavy atom. The summed E-state index contributed by atoms with van der Waals surface area (Å²) in [7, 11) is 0. The van der Waals surface area contributed by atoms with E-state index in [1.807, 2.05) is 0 Å². The molecule has 0 amide bonds. The summed E-state index contributed by atoms with van der Waals surface area (Å²) in [6.45, 7) is 9.17. The molecule has 1 aliphatic carbocycles. The maximum absolute atomic E-state index is 3.91. The zero-order chi connectivity index (χ0) is 42.8. The number of hydrogen-bond donors (Lipinski definition) is 0. The first-order valence-corrected chi connectivity index (χ1v) is 22.8. The number of hydrogen-bond acceptors (Lipinski definition) is 1. The molecule has 2 aromatic heterocycles. The van der Waals surface area contributed by atoms with Crippen LogP contribution in [0.5, 0.6) is 0 Å². The molecule has 0 atom stereocenters. The van der Waals surface area contributed by atoms with Gasteiger partial charge in [-0.05, 0) is 97.0 Å². The number of aryl methyl sites for hydroxylation is 1. The number of allylic oxidation sites excluding steroid dienone is 1. The van der Waals surface area contributed by atoms with Gasteiger partial charge in [-0.2, -0.15) is 0 Å². The molecule has 306 valence electrons. The van der Waals surface area contributed by atoms with Gasteiger partial charge in [0.15, 0.2) is 0 Å². The predicted octanol–water partition coefficient (Wildman–Crippen LogP) is 16.9. The first-order valence-electron chi connectivity index (χ1n) is 22.0. The number of aromatic nitrogens is 2. The Labute approximate surface area is 378 Å². The number of anilines is 3. The summed E-state index contributed by atoms with van der Waals surface area (Å²) >= 11 is 3.91. The molecular weight excluding hydrogens is 831 g/mol. The molecule has 0 fully saturated rings. The standard InChI is InChI=1S/C59H48BrN3/c1-39-35-40(59(2,3)4)37-45(36-39)61(44-24-15-19-41(60)38-44)56-50(52-31-16-27-48-46-25-11-13-33-54(46)62(57(48)52)42-20-7-5-8-21-42)29-18-30-51(56)53-32-17-28-49-47-26-12-14-34-55(47)63(58(49)53)43-22-9-6-10-23-43/h5-13,15-33,35-38H,14,34H2,1-4H3. The van der Waals surface area contributed by atoms with Crippen molar-refractivity contribution < 1.29 is 0 Å².